The van der Waals surface area contributed by atoms with E-state index in [4.69, 9.17) is 29.6 Å². The number of thiocarbonyl (C=S) groups is 1. The molecule has 17 heavy (non-hydrogen) atoms. The summed E-state index contributed by atoms with van der Waals surface area (Å²) < 4.78 is 0. The van der Waals surface area contributed by atoms with Gasteiger partial charge in [0.05, 0.1) is 0 Å². The second-order valence-corrected chi connectivity index (χ2v) is 5.19. The maximum absolute atomic E-state index is 5.98. The van der Waals surface area contributed by atoms with Crippen LogP contribution in [-0.4, -0.2) is 43.1 Å². The van der Waals surface area contributed by atoms with E-state index in [0.29, 0.717) is 10.0 Å². The number of hydrogen-bond donors (Lipinski definition) is 1. The molecule has 0 unspecified atom stereocenters. The second kappa shape index (κ2) is 5.21. The van der Waals surface area contributed by atoms with Gasteiger partial charge in [0, 0.05) is 42.5 Å². The van der Waals surface area contributed by atoms with Crippen LogP contribution in [0.3, 0.4) is 0 Å². The standard InChI is InChI=1S/C12H16ClN3S/c1-15-4-6-16(7-5-15)11-3-2-9(13)8-10(11)12(14)17/h2-3,8H,4-7H2,1H3,(H2,14,17). The number of anilines is 1. The molecule has 0 spiro atoms. The van der Waals surface area contributed by atoms with E-state index in [0.717, 1.165) is 37.4 Å². The van der Waals surface area contributed by atoms with Crippen molar-refractivity contribution in [1.82, 2.24) is 4.90 Å². The molecule has 1 aliphatic rings. The molecule has 0 atom stereocenters. The Morgan fingerprint density at radius 2 is 1.94 bits per heavy atom. The van der Waals surface area contributed by atoms with Gasteiger partial charge >= 0.3 is 0 Å². The van der Waals surface area contributed by atoms with Crippen molar-refractivity contribution in [2.24, 2.45) is 5.73 Å². The van der Waals surface area contributed by atoms with E-state index in [-0.39, 0.29) is 0 Å². The monoisotopic (exact) mass is 269 g/mol. The van der Waals surface area contributed by atoms with Crippen molar-refractivity contribution >= 4 is 34.5 Å². The lowest BCUT2D eigenvalue weighted by Gasteiger charge is -2.35. The van der Waals surface area contributed by atoms with E-state index in [1.54, 1.807) is 0 Å². The maximum Gasteiger partial charge on any atom is 0.106 e. The Bertz CT molecular complexity index is 428. The third kappa shape index (κ3) is 2.89. The summed E-state index contributed by atoms with van der Waals surface area (Å²) in [5.41, 5.74) is 7.72. The predicted octanol–water partition coefficient (Wildman–Crippen LogP) is 1.73. The molecule has 92 valence electrons. The second-order valence-electron chi connectivity index (χ2n) is 4.32. The van der Waals surface area contributed by atoms with Gasteiger partial charge in [-0.25, -0.2) is 0 Å². The van der Waals surface area contributed by atoms with Crippen LogP contribution in [-0.2, 0) is 0 Å². The Balaban J connectivity index is 2.28. The smallest absolute Gasteiger partial charge is 0.106 e. The van der Waals surface area contributed by atoms with Crippen molar-refractivity contribution in [2.75, 3.05) is 38.1 Å². The number of rotatable bonds is 2. The summed E-state index contributed by atoms with van der Waals surface area (Å²) in [5, 5.41) is 0.672. The lowest BCUT2D eigenvalue weighted by Crippen LogP contribution is -2.45. The van der Waals surface area contributed by atoms with Crippen molar-refractivity contribution in [3.8, 4) is 0 Å². The Labute approximate surface area is 112 Å². The SMILES string of the molecule is CN1CCN(c2ccc(Cl)cc2C(N)=S)CC1. The summed E-state index contributed by atoms with van der Waals surface area (Å²) in [6.07, 6.45) is 0. The van der Waals surface area contributed by atoms with Crippen LogP contribution in [0.25, 0.3) is 0 Å². The molecule has 0 bridgehead atoms. The molecular formula is C12H16ClN3S. The van der Waals surface area contributed by atoms with Gasteiger partial charge in [-0.05, 0) is 25.2 Å². The molecule has 1 aromatic rings. The molecule has 0 aliphatic carbocycles. The van der Waals surface area contributed by atoms with Crippen molar-refractivity contribution < 1.29 is 0 Å². The molecular weight excluding hydrogens is 254 g/mol. The first-order chi connectivity index (χ1) is 8.08. The molecule has 1 saturated heterocycles. The van der Waals surface area contributed by atoms with E-state index in [2.05, 4.69) is 16.8 Å². The normalized spacial score (nSPS) is 17.2. The van der Waals surface area contributed by atoms with Gasteiger partial charge in [-0.2, -0.15) is 0 Å². The Morgan fingerprint density at radius 1 is 1.29 bits per heavy atom. The lowest BCUT2D eigenvalue weighted by atomic mass is 10.1. The van der Waals surface area contributed by atoms with Crippen LogP contribution in [0.5, 0.6) is 0 Å². The molecule has 2 N–H and O–H groups in total. The summed E-state index contributed by atoms with van der Waals surface area (Å²) >= 11 is 11.1. The third-order valence-corrected chi connectivity index (χ3v) is 3.52. The fourth-order valence-corrected chi connectivity index (χ4v) is 2.36. The Hall–Kier alpha value is -0.840. The quantitative estimate of drug-likeness (QED) is 0.829. The summed E-state index contributed by atoms with van der Waals surface area (Å²) in [5.74, 6) is 0. The molecule has 3 nitrogen and oxygen atoms in total. The fourth-order valence-electron chi connectivity index (χ4n) is 2.03. The van der Waals surface area contributed by atoms with Crippen LogP contribution in [0.4, 0.5) is 5.69 Å². The van der Waals surface area contributed by atoms with E-state index < -0.39 is 0 Å². The molecule has 1 fully saturated rings. The number of nitrogens with zero attached hydrogens (tertiary/aromatic N) is 2. The molecule has 1 aliphatic heterocycles. The van der Waals surface area contributed by atoms with Crippen LogP contribution in [0, 0.1) is 0 Å². The first kappa shape index (κ1) is 12.6. The van der Waals surface area contributed by atoms with Gasteiger partial charge in [-0.15, -0.1) is 0 Å². The van der Waals surface area contributed by atoms with Gasteiger partial charge < -0.3 is 15.5 Å². The average Bonchev–Trinajstić information content (AvgIpc) is 2.30. The van der Waals surface area contributed by atoms with Crippen LogP contribution in [0.1, 0.15) is 5.56 Å². The highest BCUT2D eigenvalue weighted by molar-refractivity contribution is 7.80. The number of nitrogens with two attached hydrogens (primary N) is 1. The molecule has 0 aromatic heterocycles. The maximum atomic E-state index is 5.98. The van der Waals surface area contributed by atoms with Crippen LogP contribution < -0.4 is 10.6 Å². The zero-order valence-corrected chi connectivity index (χ0v) is 11.4. The lowest BCUT2D eigenvalue weighted by molar-refractivity contribution is 0.313. The molecule has 5 heteroatoms. The summed E-state index contributed by atoms with van der Waals surface area (Å²) in [4.78, 5) is 5.03. The van der Waals surface area contributed by atoms with Gasteiger partial charge in [0.2, 0.25) is 0 Å². The van der Waals surface area contributed by atoms with Gasteiger partial charge in [-0.3, -0.25) is 0 Å². The number of piperazine rings is 1. The van der Waals surface area contributed by atoms with Crippen molar-refractivity contribution in [2.45, 2.75) is 0 Å². The molecule has 1 heterocycles. The number of likely N-dealkylation sites (N-methyl/N-ethyl adjacent to an activating group) is 1. The Kier molecular flexibility index (Phi) is 3.86. The zero-order chi connectivity index (χ0) is 12.4. The van der Waals surface area contributed by atoms with Gasteiger partial charge in [0.1, 0.15) is 4.99 Å². The van der Waals surface area contributed by atoms with E-state index >= 15 is 0 Å². The van der Waals surface area contributed by atoms with Crippen molar-refractivity contribution in [3.05, 3.63) is 28.8 Å². The largest absolute Gasteiger partial charge is 0.389 e. The van der Waals surface area contributed by atoms with Gasteiger partial charge in [0.25, 0.3) is 0 Å². The van der Waals surface area contributed by atoms with Crippen LogP contribution >= 0.6 is 23.8 Å². The molecule has 0 radical (unpaired) electrons. The molecule has 1 aromatic carbocycles. The Morgan fingerprint density at radius 3 is 2.53 bits per heavy atom. The predicted molar refractivity (Wildman–Crippen MR) is 77.0 cm³/mol. The van der Waals surface area contributed by atoms with E-state index in [9.17, 15) is 0 Å². The fraction of sp³-hybridized carbons (Fsp3) is 0.417. The number of hydrogen-bond acceptors (Lipinski definition) is 3. The minimum Gasteiger partial charge on any atom is -0.389 e. The minimum atomic E-state index is 0.404. The highest BCUT2D eigenvalue weighted by Gasteiger charge is 2.17. The zero-order valence-electron chi connectivity index (χ0n) is 9.82. The van der Waals surface area contributed by atoms with Gasteiger partial charge in [0.15, 0.2) is 0 Å². The number of benzene rings is 1. The molecule has 0 saturated carbocycles. The summed E-state index contributed by atoms with van der Waals surface area (Å²) in [7, 11) is 2.13. The summed E-state index contributed by atoms with van der Waals surface area (Å²) in [6.45, 7) is 4.10. The third-order valence-electron chi connectivity index (χ3n) is 3.07. The van der Waals surface area contributed by atoms with E-state index in [1.165, 1.54) is 0 Å². The average molecular weight is 270 g/mol. The van der Waals surface area contributed by atoms with E-state index in [1.807, 2.05) is 18.2 Å². The topological polar surface area (TPSA) is 32.5 Å². The minimum absolute atomic E-state index is 0.404. The van der Waals surface area contributed by atoms with Crippen LogP contribution in [0.2, 0.25) is 5.02 Å². The first-order valence-electron chi connectivity index (χ1n) is 5.61. The first-order valence-corrected chi connectivity index (χ1v) is 6.39. The van der Waals surface area contributed by atoms with Crippen molar-refractivity contribution in [3.63, 3.8) is 0 Å². The molecule has 0 amide bonds. The molecule has 2 rings (SSSR count). The van der Waals surface area contributed by atoms with Crippen LogP contribution in [0.15, 0.2) is 18.2 Å². The highest BCUT2D eigenvalue weighted by atomic mass is 35.5. The van der Waals surface area contributed by atoms with Gasteiger partial charge in [-0.1, -0.05) is 23.8 Å². The highest BCUT2D eigenvalue weighted by Crippen LogP contribution is 2.25. The van der Waals surface area contributed by atoms with Crippen molar-refractivity contribution in [1.29, 1.82) is 0 Å². The number of halogens is 1. The summed E-state index contributed by atoms with van der Waals surface area (Å²) in [6, 6.07) is 5.73.